The van der Waals surface area contributed by atoms with Crippen molar-refractivity contribution in [2.45, 2.75) is 19.3 Å². The number of aromatic nitrogens is 4. The van der Waals surface area contributed by atoms with E-state index in [2.05, 4.69) is 42.7 Å². The molecule has 0 spiro atoms. The zero-order valence-electron chi connectivity index (χ0n) is 11.6. The fourth-order valence-corrected chi connectivity index (χ4v) is 2.76. The Bertz CT molecular complexity index is 670. The van der Waals surface area contributed by atoms with Crippen molar-refractivity contribution in [3.8, 4) is 0 Å². The number of nitrogens with zero attached hydrogens (tertiary/aromatic N) is 5. The van der Waals surface area contributed by atoms with Crippen molar-refractivity contribution in [1.82, 2.24) is 20.2 Å². The molecule has 0 bridgehead atoms. The van der Waals surface area contributed by atoms with Gasteiger partial charge in [0.1, 0.15) is 0 Å². The van der Waals surface area contributed by atoms with E-state index in [0.717, 1.165) is 29.4 Å². The molecule has 7 nitrogen and oxygen atoms in total. The van der Waals surface area contributed by atoms with Gasteiger partial charge in [-0.25, -0.2) is 4.79 Å². The molecule has 2 heterocycles. The number of rotatable bonds is 1. The molecule has 0 aliphatic carbocycles. The van der Waals surface area contributed by atoms with Crippen molar-refractivity contribution >= 4 is 33.6 Å². The third-order valence-corrected chi connectivity index (χ3v) is 3.88. The number of anilines is 2. The molecular formula is C13H15BrN6O. The molecule has 110 valence electrons. The van der Waals surface area contributed by atoms with Crippen LogP contribution in [0.4, 0.5) is 16.4 Å². The summed E-state index contributed by atoms with van der Waals surface area (Å²) in [4.78, 5) is 15.5. The first-order chi connectivity index (χ1) is 10.1. The van der Waals surface area contributed by atoms with Gasteiger partial charge in [0.15, 0.2) is 0 Å². The maximum absolute atomic E-state index is 12.5. The lowest BCUT2D eigenvalue weighted by Crippen LogP contribution is -2.36. The van der Waals surface area contributed by atoms with Gasteiger partial charge in [-0.2, -0.15) is 4.80 Å². The molecular weight excluding hydrogens is 336 g/mol. The summed E-state index contributed by atoms with van der Waals surface area (Å²) in [7, 11) is 1.65. The van der Waals surface area contributed by atoms with E-state index in [4.69, 9.17) is 0 Å². The SMILES string of the molecule is Cn1nnc(NC(=O)N2CCCCc3ccc(Br)cc32)n1. The molecule has 0 unspecified atom stereocenters. The zero-order chi connectivity index (χ0) is 14.8. The van der Waals surface area contributed by atoms with Gasteiger partial charge in [0.05, 0.1) is 7.05 Å². The Hall–Kier alpha value is -1.96. The highest BCUT2D eigenvalue weighted by Crippen LogP contribution is 2.29. The summed E-state index contributed by atoms with van der Waals surface area (Å²) in [5.74, 6) is 0.211. The van der Waals surface area contributed by atoms with E-state index in [1.165, 1.54) is 10.4 Å². The molecule has 1 aromatic carbocycles. The second-order valence-corrected chi connectivity index (χ2v) is 5.83. The number of urea groups is 1. The molecule has 1 N–H and O–H groups in total. The predicted octanol–water partition coefficient (Wildman–Crippen LogP) is 2.35. The van der Waals surface area contributed by atoms with Gasteiger partial charge in [-0.15, -0.1) is 5.10 Å². The van der Waals surface area contributed by atoms with Gasteiger partial charge in [0.25, 0.3) is 5.95 Å². The maximum Gasteiger partial charge on any atom is 0.328 e. The Kier molecular flexibility index (Phi) is 3.87. The average Bonchev–Trinajstić information content (AvgIpc) is 2.73. The van der Waals surface area contributed by atoms with Crippen LogP contribution in [0.15, 0.2) is 22.7 Å². The Morgan fingerprint density at radius 1 is 1.38 bits per heavy atom. The molecule has 1 aliphatic rings. The Morgan fingerprint density at radius 3 is 3.00 bits per heavy atom. The molecule has 1 aliphatic heterocycles. The van der Waals surface area contributed by atoms with Crippen LogP contribution >= 0.6 is 15.9 Å². The summed E-state index contributed by atoms with van der Waals surface area (Å²) < 4.78 is 0.957. The van der Waals surface area contributed by atoms with Crippen molar-refractivity contribution in [3.05, 3.63) is 28.2 Å². The van der Waals surface area contributed by atoms with Crippen LogP contribution in [-0.4, -0.2) is 32.8 Å². The van der Waals surface area contributed by atoms with E-state index < -0.39 is 0 Å². The largest absolute Gasteiger partial charge is 0.328 e. The lowest BCUT2D eigenvalue weighted by atomic mass is 10.1. The number of tetrazole rings is 1. The molecule has 8 heteroatoms. The van der Waals surface area contributed by atoms with E-state index in [1.807, 2.05) is 12.1 Å². The number of halogens is 1. The van der Waals surface area contributed by atoms with Crippen LogP contribution in [-0.2, 0) is 13.5 Å². The third-order valence-electron chi connectivity index (χ3n) is 3.39. The Labute approximate surface area is 130 Å². The van der Waals surface area contributed by atoms with Crippen LogP contribution < -0.4 is 10.2 Å². The Balaban J connectivity index is 1.87. The third kappa shape index (κ3) is 3.05. The van der Waals surface area contributed by atoms with Gasteiger partial charge in [0, 0.05) is 16.7 Å². The molecule has 2 amide bonds. The van der Waals surface area contributed by atoms with Crippen molar-refractivity contribution in [3.63, 3.8) is 0 Å². The number of carbonyl (C=O) groups excluding carboxylic acids is 1. The standard InChI is InChI=1S/C13H15BrN6O/c1-19-17-12(16-18-19)15-13(21)20-7-3-2-4-9-5-6-10(14)8-11(9)20/h5-6,8H,2-4,7H2,1H3,(H,15,17,21). The van der Waals surface area contributed by atoms with E-state index in [0.29, 0.717) is 6.54 Å². The molecule has 3 rings (SSSR count). The van der Waals surface area contributed by atoms with Crippen molar-refractivity contribution in [2.24, 2.45) is 7.05 Å². The zero-order valence-corrected chi connectivity index (χ0v) is 13.2. The summed E-state index contributed by atoms with van der Waals surface area (Å²) in [5, 5.41) is 14.1. The van der Waals surface area contributed by atoms with Gasteiger partial charge in [0.2, 0.25) is 0 Å². The van der Waals surface area contributed by atoms with Gasteiger partial charge in [-0.1, -0.05) is 27.1 Å². The second kappa shape index (κ2) is 5.80. The monoisotopic (exact) mass is 350 g/mol. The summed E-state index contributed by atoms with van der Waals surface area (Å²) in [5.41, 5.74) is 2.11. The van der Waals surface area contributed by atoms with Crippen molar-refractivity contribution < 1.29 is 4.79 Å². The molecule has 1 aromatic heterocycles. The summed E-state index contributed by atoms with van der Waals surface area (Å²) in [6.45, 7) is 0.676. The number of amides is 2. The van der Waals surface area contributed by atoms with E-state index in [9.17, 15) is 4.79 Å². The van der Waals surface area contributed by atoms with Gasteiger partial charge in [-0.05, 0) is 42.2 Å². The van der Waals surface area contributed by atoms with Crippen LogP contribution in [0.2, 0.25) is 0 Å². The topological polar surface area (TPSA) is 75.9 Å². The minimum absolute atomic E-state index is 0.211. The fourth-order valence-electron chi connectivity index (χ4n) is 2.41. The molecule has 0 radical (unpaired) electrons. The number of carbonyl (C=O) groups is 1. The van der Waals surface area contributed by atoms with E-state index in [-0.39, 0.29) is 12.0 Å². The molecule has 0 atom stereocenters. The number of fused-ring (bicyclic) bond motifs is 1. The quantitative estimate of drug-likeness (QED) is 0.856. The number of hydrogen-bond donors (Lipinski definition) is 1. The number of hydrogen-bond acceptors (Lipinski definition) is 4. The van der Waals surface area contributed by atoms with E-state index in [1.54, 1.807) is 11.9 Å². The molecule has 0 saturated heterocycles. The summed E-state index contributed by atoms with van der Waals surface area (Å²) in [6, 6.07) is 5.81. The predicted molar refractivity (Wildman–Crippen MR) is 82.2 cm³/mol. The minimum atomic E-state index is -0.232. The van der Waals surface area contributed by atoms with E-state index >= 15 is 0 Å². The molecule has 0 fully saturated rings. The lowest BCUT2D eigenvalue weighted by molar-refractivity contribution is 0.256. The summed E-state index contributed by atoms with van der Waals surface area (Å²) >= 11 is 3.47. The first-order valence-electron chi connectivity index (χ1n) is 6.74. The van der Waals surface area contributed by atoms with Crippen LogP contribution in [0, 0.1) is 0 Å². The molecule has 2 aromatic rings. The van der Waals surface area contributed by atoms with Gasteiger partial charge >= 0.3 is 6.03 Å². The van der Waals surface area contributed by atoms with Crippen LogP contribution in [0.1, 0.15) is 18.4 Å². The number of benzene rings is 1. The van der Waals surface area contributed by atoms with Gasteiger partial charge < -0.3 is 0 Å². The van der Waals surface area contributed by atoms with Crippen LogP contribution in [0.5, 0.6) is 0 Å². The molecule has 21 heavy (non-hydrogen) atoms. The second-order valence-electron chi connectivity index (χ2n) is 4.91. The molecule has 0 saturated carbocycles. The first kappa shape index (κ1) is 14.0. The average molecular weight is 351 g/mol. The highest BCUT2D eigenvalue weighted by atomic mass is 79.9. The number of aryl methyl sites for hydroxylation is 2. The number of nitrogens with one attached hydrogen (secondary N) is 1. The normalized spacial score (nSPS) is 14.5. The van der Waals surface area contributed by atoms with Crippen molar-refractivity contribution in [2.75, 3.05) is 16.8 Å². The van der Waals surface area contributed by atoms with Gasteiger partial charge in [-0.3, -0.25) is 10.2 Å². The smallest absolute Gasteiger partial charge is 0.294 e. The fraction of sp³-hybridized carbons (Fsp3) is 0.385. The minimum Gasteiger partial charge on any atom is -0.294 e. The van der Waals surface area contributed by atoms with Crippen molar-refractivity contribution in [1.29, 1.82) is 0 Å². The summed E-state index contributed by atoms with van der Waals surface area (Å²) in [6.07, 6.45) is 3.02. The maximum atomic E-state index is 12.5. The Morgan fingerprint density at radius 2 is 2.24 bits per heavy atom. The lowest BCUT2D eigenvalue weighted by Gasteiger charge is -2.22. The van der Waals surface area contributed by atoms with Crippen LogP contribution in [0.25, 0.3) is 0 Å². The first-order valence-corrected chi connectivity index (χ1v) is 7.54. The highest BCUT2D eigenvalue weighted by molar-refractivity contribution is 9.10. The highest BCUT2D eigenvalue weighted by Gasteiger charge is 2.22. The van der Waals surface area contributed by atoms with Crippen LogP contribution in [0.3, 0.4) is 0 Å².